The van der Waals surface area contributed by atoms with E-state index < -0.39 is 11.9 Å². The van der Waals surface area contributed by atoms with E-state index in [9.17, 15) is 14.7 Å². The highest BCUT2D eigenvalue weighted by Crippen LogP contribution is 2.20. The zero-order valence-electron chi connectivity index (χ0n) is 16.0. The number of aromatic nitrogens is 3. The Morgan fingerprint density at radius 3 is 2.64 bits per heavy atom. The highest BCUT2D eigenvalue weighted by Gasteiger charge is 2.30. The summed E-state index contributed by atoms with van der Waals surface area (Å²) in [7, 11) is 1.61. The van der Waals surface area contributed by atoms with Crippen molar-refractivity contribution >= 4 is 11.9 Å². The van der Waals surface area contributed by atoms with Crippen LogP contribution >= 0.6 is 0 Å². The van der Waals surface area contributed by atoms with Crippen LogP contribution in [0.3, 0.4) is 0 Å². The largest absolute Gasteiger partial charge is 0.491 e. The molecule has 1 aromatic heterocycles. The minimum absolute atomic E-state index is 0.202. The molecule has 1 aliphatic heterocycles. The van der Waals surface area contributed by atoms with Gasteiger partial charge in [-0.05, 0) is 44.0 Å². The number of carboxylic acid groups (broad SMARTS) is 1. The van der Waals surface area contributed by atoms with Crippen LogP contribution in [0.1, 0.15) is 29.0 Å². The predicted octanol–water partition coefficient (Wildman–Crippen LogP) is 1.54. The maximum absolute atomic E-state index is 12.8. The van der Waals surface area contributed by atoms with Gasteiger partial charge in [0.05, 0.1) is 23.9 Å². The minimum atomic E-state index is -0.870. The van der Waals surface area contributed by atoms with Crippen LogP contribution in [0.4, 0.5) is 0 Å². The van der Waals surface area contributed by atoms with Crippen LogP contribution in [-0.2, 0) is 9.53 Å². The number of rotatable bonds is 7. The summed E-state index contributed by atoms with van der Waals surface area (Å²) in [5.41, 5.74) is 1.44. The molecule has 2 heterocycles. The molecule has 28 heavy (non-hydrogen) atoms. The molecule has 1 fully saturated rings. The number of benzene rings is 1. The molecule has 9 heteroatoms. The van der Waals surface area contributed by atoms with Crippen molar-refractivity contribution in [2.45, 2.75) is 19.8 Å². The summed E-state index contributed by atoms with van der Waals surface area (Å²) < 4.78 is 10.5. The topological polar surface area (TPSA) is 107 Å². The average Bonchev–Trinajstić information content (AvgIpc) is 3.10. The number of carbonyl (C=O) groups is 2. The second-order valence-electron chi connectivity index (χ2n) is 6.69. The fourth-order valence-corrected chi connectivity index (χ4v) is 3.12. The number of aryl methyl sites for hydroxylation is 1. The molecular formula is C19H24N4O5. The summed E-state index contributed by atoms with van der Waals surface area (Å²) in [6, 6.07) is 7.20. The Morgan fingerprint density at radius 2 is 1.96 bits per heavy atom. The Balaban J connectivity index is 1.72. The number of amides is 1. The molecule has 1 amide bonds. The molecule has 0 radical (unpaired) electrons. The van der Waals surface area contributed by atoms with Gasteiger partial charge in [-0.1, -0.05) is 0 Å². The molecule has 150 valence electrons. The van der Waals surface area contributed by atoms with E-state index in [4.69, 9.17) is 9.47 Å². The van der Waals surface area contributed by atoms with E-state index in [-0.39, 0.29) is 18.1 Å². The molecule has 1 aliphatic rings. The van der Waals surface area contributed by atoms with E-state index in [0.717, 1.165) is 0 Å². The third kappa shape index (κ3) is 4.48. The van der Waals surface area contributed by atoms with E-state index in [1.54, 1.807) is 43.2 Å². The lowest BCUT2D eigenvalue weighted by Gasteiger charge is -2.30. The van der Waals surface area contributed by atoms with Crippen LogP contribution in [0.2, 0.25) is 0 Å². The average molecular weight is 388 g/mol. The molecule has 0 saturated carbocycles. The lowest BCUT2D eigenvalue weighted by atomic mass is 9.98. The third-order valence-electron chi connectivity index (χ3n) is 4.67. The van der Waals surface area contributed by atoms with Crippen molar-refractivity contribution in [1.82, 2.24) is 19.9 Å². The monoisotopic (exact) mass is 388 g/mol. The van der Waals surface area contributed by atoms with Gasteiger partial charge >= 0.3 is 5.97 Å². The molecule has 2 aromatic rings. The van der Waals surface area contributed by atoms with Crippen molar-refractivity contribution in [2.24, 2.45) is 5.92 Å². The van der Waals surface area contributed by atoms with Crippen molar-refractivity contribution in [1.29, 1.82) is 0 Å². The highest BCUT2D eigenvalue weighted by atomic mass is 16.5. The molecule has 1 N–H and O–H groups in total. The van der Waals surface area contributed by atoms with Gasteiger partial charge in [0.15, 0.2) is 5.69 Å². The Kier molecular flexibility index (Phi) is 6.25. The molecule has 1 unspecified atom stereocenters. The molecule has 1 aromatic carbocycles. The van der Waals surface area contributed by atoms with Gasteiger partial charge in [0.2, 0.25) is 0 Å². The molecule has 0 spiro atoms. The Labute approximate surface area is 162 Å². The number of ether oxygens (including phenoxy) is 2. The quantitative estimate of drug-likeness (QED) is 0.717. The smallest absolute Gasteiger partial charge is 0.308 e. The lowest BCUT2D eigenvalue weighted by Crippen LogP contribution is -2.42. The van der Waals surface area contributed by atoms with E-state index in [1.165, 1.54) is 4.80 Å². The van der Waals surface area contributed by atoms with Gasteiger partial charge in [-0.25, -0.2) is 0 Å². The minimum Gasteiger partial charge on any atom is -0.491 e. The van der Waals surface area contributed by atoms with Gasteiger partial charge in [0.25, 0.3) is 5.91 Å². The number of hydrogen-bond acceptors (Lipinski definition) is 6. The maximum atomic E-state index is 12.8. The number of likely N-dealkylation sites (tertiary alicyclic amines) is 1. The molecule has 1 atom stereocenters. The third-order valence-corrected chi connectivity index (χ3v) is 4.67. The number of carbonyl (C=O) groups excluding carboxylic acids is 1. The fourth-order valence-electron chi connectivity index (χ4n) is 3.12. The Bertz CT molecular complexity index is 833. The van der Waals surface area contributed by atoms with Crippen molar-refractivity contribution in [3.05, 3.63) is 35.7 Å². The number of aliphatic carboxylic acids is 1. The predicted molar refractivity (Wildman–Crippen MR) is 99.7 cm³/mol. The molecule has 3 rings (SSSR count). The second-order valence-corrected chi connectivity index (χ2v) is 6.69. The van der Waals surface area contributed by atoms with Gasteiger partial charge < -0.3 is 19.5 Å². The number of hydrogen-bond donors (Lipinski definition) is 1. The van der Waals surface area contributed by atoms with Gasteiger partial charge in [0, 0.05) is 20.2 Å². The van der Waals surface area contributed by atoms with E-state index in [0.29, 0.717) is 49.7 Å². The van der Waals surface area contributed by atoms with Crippen molar-refractivity contribution in [2.75, 3.05) is 33.4 Å². The molecule has 9 nitrogen and oxygen atoms in total. The van der Waals surface area contributed by atoms with Crippen LogP contribution in [0.15, 0.2) is 24.3 Å². The summed E-state index contributed by atoms with van der Waals surface area (Å²) in [6.45, 7) is 3.42. The first-order valence-corrected chi connectivity index (χ1v) is 9.17. The van der Waals surface area contributed by atoms with Gasteiger partial charge in [-0.15, -0.1) is 5.10 Å². The molecule has 0 bridgehead atoms. The van der Waals surface area contributed by atoms with Crippen molar-refractivity contribution < 1.29 is 24.2 Å². The summed E-state index contributed by atoms with van der Waals surface area (Å²) >= 11 is 0. The van der Waals surface area contributed by atoms with Gasteiger partial charge in [-0.2, -0.15) is 9.90 Å². The van der Waals surface area contributed by atoms with Gasteiger partial charge in [-0.3, -0.25) is 9.59 Å². The van der Waals surface area contributed by atoms with Crippen molar-refractivity contribution in [3.8, 4) is 11.4 Å². The standard InChI is InChI=1S/C19H24N4O5/c1-13-17(18(24)22-9-3-4-14(12-22)19(25)26)21-23(20-13)15-5-7-16(8-6-15)28-11-10-27-2/h5-8,14H,3-4,9-12H2,1-2H3,(H,25,26). The summed E-state index contributed by atoms with van der Waals surface area (Å²) in [5, 5.41) is 17.9. The first-order chi connectivity index (χ1) is 13.5. The normalized spacial score (nSPS) is 16.8. The number of carboxylic acids is 1. The molecular weight excluding hydrogens is 364 g/mol. The summed E-state index contributed by atoms with van der Waals surface area (Å²) in [6.07, 6.45) is 1.25. The number of nitrogens with zero attached hydrogens (tertiary/aromatic N) is 4. The Morgan fingerprint density at radius 1 is 1.21 bits per heavy atom. The highest BCUT2D eigenvalue weighted by molar-refractivity contribution is 5.93. The SMILES string of the molecule is COCCOc1ccc(-n2nc(C)c(C(=O)N3CCCC(C(=O)O)C3)n2)cc1. The van der Waals surface area contributed by atoms with Crippen LogP contribution < -0.4 is 4.74 Å². The Hall–Kier alpha value is -2.94. The summed E-state index contributed by atoms with van der Waals surface area (Å²) in [5.74, 6) is -0.979. The summed E-state index contributed by atoms with van der Waals surface area (Å²) in [4.78, 5) is 27.0. The van der Waals surface area contributed by atoms with Crippen LogP contribution in [0, 0.1) is 12.8 Å². The number of piperidine rings is 1. The van der Waals surface area contributed by atoms with E-state index in [1.807, 2.05) is 0 Å². The first kappa shape index (κ1) is 19.8. The van der Waals surface area contributed by atoms with Gasteiger partial charge in [0.1, 0.15) is 12.4 Å². The zero-order chi connectivity index (χ0) is 20.1. The lowest BCUT2D eigenvalue weighted by molar-refractivity contribution is -0.143. The fraction of sp³-hybridized carbons (Fsp3) is 0.474. The van der Waals surface area contributed by atoms with Crippen molar-refractivity contribution in [3.63, 3.8) is 0 Å². The maximum Gasteiger partial charge on any atom is 0.308 e. The number of methoxy groups -OCH3 is 1. The second kappa shape index (κ2) is 8.83. The van der Waals surface area contributed by atoms with Crippen LogP contribution in [0.25, 0.3) is 5.69 Å². The van der Waals surface area contributed by atoms with E-state index in [2.05, 4.69) is 10.2 Å². The molecule has 0 aliphatic carbocycles. The van der Waals surface area contributed by atoms with Crippen LogP contribution in [0.5, 0.6) is 5.75 Å². The zero-order valence-corrected chi connectivity index (χ0v) is 16.0. The first-order valence-electron chi connectivity index (χ1n) is 9.17. The van der Waals surface area contributed by atoms with Crippen LogP contribution in [-0.4, -0.2) is 70.3 Å². The molecule has 1 saturated heterocycles. The van der Waals surface area contributed by atoms with E-state index >= 15 is 0 Å².